The molecule has 0 spiro atoms. The number of carbonyl (C=O) groups excluding carboxylic acids is 1. The van der Waals surface area contributed by atoms with E-state index < -0.39 is 18.0 Å². The molecule has 0 aliphatic heterocycles. The first kappa shape index (κ1) is 13.5. The van der Waals surface area contributed by atoms with Gasteiger partial charge >= 0.3 is 0 Å². The number of nitrogens with two attached hydrogens (primary N) is 1. The Hall–Kier alpha value is -1.95. The smallest absolute Gasteiger partial charge is 0.254 e. The van der Waals surface area contributed by atoms with E-state index in [2.05, 4.69) is 0 Å². The summed E-state index contributed by atoms with van der Waals surface area (Å²) in [5, 5.41) is 3.65. The number of nitrogens with zero attached hydrogens (tertiary/aromatic N) is 1. The van der Waals surface area contributed by atoms with E-state index in [1.54, 1.807) is 17.6 Å². The molecule has 2 aromatic heterocycles. The van der Waals surface area contributed by atoms with Crippen LogP contribution in [0.4, 0.5) is 4.39 Å². The van der Waals surface area contributed by atoms with Crippen LogP contribution in [0.2, 0.25) is 0 Å². The molecular formula is C13H13FN2O2S. The van der Waals surface area contributed by atoms with Gasteiger partial charge in [0.05, 0.1) is 12.1 Å². The van der Waals surface area contributed by atoms with Crippen molar-refractivity contribution in [2.75, 3.05) is 6.67 Å². The normalized spacial score (nSPS) is 10.6. The van der Waals surface area contributed by atoms with Crippen molar-refractivity contribution in [2.45, 2.75) is 13.5 Å². The van der Waals surface area contributed by atoms with Crippen molar-refractivity contribution < 1.29 is 9.18 Å². The molecule has 2 N–H and O–H groups in total. The molecule has 0 aliphatic rings. The minimum Gasteiger partial charge on any atom is -0.365 e. The lowest BCUT2D eigenvalue weighted by Gasteiger charge is -2.14. The number of primary amides is 1. The SMILES string of the molecule is Cc1c(-c2ccsc2)c(=O)c(C(N)=O)cn1CCF. The van der Waals surface area contributed by atoms with Gasteiger partial charge in [-0.1, -0.05) is 0 Å². The summed E-state index contributed by atoms with van der Waals surface area (Å²) in [5.74, 6) is -0.797. The van der Waals surface area contributed by atoms with E-state index >= 15 is 0 Å². The molecule has 0 saturated heterocycles. The van der Waals surface area contributed by atoms with Gasteiger partial charge in [-0.05, 0) is 29.3 Å². The second-order valence-corrected chi connectivity index (χ2v) is 4.87. The van der Waals surface area contributed by atoms with Gasteiger partial charge in [0.25, 0.3) is 5.91 Å². The van der Waals surface area contributed by atoms with Gasteiger partial charge in [0.2, 0.25) is 5.43 Å². The molecule has 2 rings (SSSR count). The van der Waals surface area contributed by atoms with Crippen LogP contribution in [-0.4, -0.2) is 17.1 Å². The molecule has 0 aromatic carbocycles. The van der Waals surface area contributed by atoms with Crippen LogP contribution in [0, 0.1) is 6.92 Å². The molecule has 6 heteroatoms. The first-order valence-electron chi connectivity index (χ1n) is 5.68. The molecule has 19 heavy (non-hydrogen) atoms. The third kappa shape index (κ3) is 2.44. The molecule has 2 aromatic rings. The van der Waals surface area contributed by atoms with Crippen LogP contribution >= 0.6 is 11.3 Å². The third-order valence-corrected chi connectivity index (χ3v) is 3.63. The Morgan fingerprint density at radius 3 is 2.79 bits per heavy atom. The molecule has 0 saturated carbocycles. The third-order valence-electron chi connectivity index (χ3n) is 2.95. The molecule has 0 atom stereocenters. The highest BCUT2D eigenvalue weighted by Gasteiger charge is 2.17. The van der Waals surface area contributed by atoms with Gasteiger partial charge < -0.3 is 10.3 Å². The van der Waals surface area contributed by atoms with Crippen LogP contribution in [0.15, 0.2) is 27.8 Å². The molecule has 0 unspecified atom stereocenters. The van der Waals surface area contributed by atoms with Crippen LogP contribution in [0.25, 0.3) is 11.1 Å². The standard InChI is InChI=1S/C13H13FN2O2S/c1-8-11(9-2-5-19-7-9)12(17)10(13(15)18)6-16(8)4-3-14/h2,5-7H,3-4H2,1H3,(H2,15,18). The summed E-state index contributed by atoms with van der Waals surface area (Å²) in [7, 11) is 0. The summed E-state index contributed by atoms with van der Waals surface area (Å²) in [6.07, 6.45) is 1.33. The van der Waals surface area contributed by atoms with Gasteiger partial charge in [0.15, 0.2) is 0 Å². The zero-order valence-corrected chi connectivity index (χ0v) is 11.2. The number of pyridine rings is 1. The highest BCUT2D eigenvalue weighted by atomic mass is 32.1. The van der Waals surface area contributed by atoms with Crippen LogP contribution < -0.4 is 11.2 Å². The molecule has 0 radical (unpaired) electrons. The number of alkyl halides is 1. The lowest BCUT2D eigenvalue weighted by atomic mass is 10.0. The first-order valence-corrected chi connectivity index (χ1v) is 6.63. The molecule has 0 bridgehead atoms. The Bertz CT molecular complexity index is 662. The zero-order valence-electron chi connectivity index (χ0n) is 10.4. The Labute approximate surface area is 113 Å². The number of thiophene rings is 1. The van der Waals surface area contributed by atoms with Gasteiger partial charge in [0, 0.05) is 11.9 Å². The maximum Gasteiger partial charge on any atom is 0.254 e. The number of rotatable bonds is 4. The summed E-state index contributed by atoms with van der Waals surface area (Å²) in [4.78, 5) is 23.6. The monoisotopic (exact) mass is 280 g/mol. The highest BCUT2D eigenvalue weighted by Crippen LogP contribution is 2.23. The van der Waals surface area contributed by atoms with E-state index in [0.29, 0.717) is 11.3 Å². The van der Waals surface area contributed by atoms with Gasteiger partial charge in [-0.15, -0.1) is 0 Å². The number of aryl methyl sites for hydroxylation is 1. The first-order chi connectivity index (χ1) is 9.06. The lowest BCUT2D eigenvalue weighted by molar-refractivity contribution is 0.0998. The molecule has 4 nitrogen and oxygen atoms in total. The highest BCUT2D eigenvalue weighted by molar-refractivity contribution is 7.08. The van der Waals surface area contributed by atoms with E-state index in [-0.39, 0.29) is 12.1 Å². The van der Waals surface area contributed by atoms with Crippen molar-refractivity contribution in [3.8, 4) is 11.1 Å². The quantitative estimate of drug-likeness (QED) is 0.930. The summed E-state index contributed by atoms with van der Waals surface area (Å²) >= 11 is 1.45. The minimum absolute atomic E-state index is 0.0868. The Morgan fingerprint density at radius 1 is 1.53 bits per heavy atom. The van der Waals surface area contributed by atoms with E-state index in [0.717, 1.165) is 5.56 Å². The van der Waals surface area contributed by atoms with Crippen molar-refractivity contribution in [2.24, 2.45) is 5.73 Å². The van der Waals surface area contributed by atoms with E-state index in [1.165, 1.54) is 17.5 Å². The largest absolute Gasteiger partial charge is 0.365 e. The Kier molecular flexibility index (Phi) is 3.80. The average Bonchev–Trinajstić information content (AvgIpc) is 2.86. The topological polar surface area (TPSA) is 65.1 Å². The molecule has 2 heterocycles. The minimum atomic E-state index is -0.797. The summed E-state index contributed by atoms with van der Waals surface area (Å²) in [6.45, 7) is 1.24. The number of halogens is 1. The predicted molar refractivity (Wildman–Crippen MR) is 73.2 cm³/mol. The van der Waals surface area contributed by atoms with Crippen molar-refractivity contribution in [3.05, 3.63) is 44.5 Å². The maximum absolute atomic E-state index is 12.6. The summed E-state index contributed by atoms with van der Waals surface area (Å²) < 4.78 is 14.1. The fraction of sp³-hybridized carbons (Fsp3) is 0.231. The van der Waals surface area contributed by atoms with Crippen LogP contribution in [0.3, 0.4) is 0 Å². The average molecular weight is 280 g/mol. The second-order valence-electron chi connectivity index (χ2n) is 4.09. The van der Waals surface area contributed by atoms with Gasteiger partial charge in [-0.2, -0.15) is 11.3 Å². The van der Waals surface area contributed by atoms with Crippen LogP contribution in [0.1, 0.15) is 16.1 Å². The Morgan fingerprint density at radius 2 is 2.26 bits per heavy atom. The molecule has 0 aliphatic carbocycles. The van der Waals surface area contributed by atoms with Crippen molar-refractivity contribution in [1.29, 1.82) is 0 Å². The number of hydrogen-bond acceptors (Lipinski definition) is 3. The number of amides is 1. The van der Waals surface area contributed by atoms with Gasteiger partial charge in [-0.25, -0.2) is 4.39 Å². The second kappa shape index (κ2) is 5.36. The molecule has 0 fully saturated rings. The molecule has 100 valence electrons. The van der Waals surface area contributed by atoms with Gasteiger partial charge in [0.1, 0.15) is 12.2 Å². The van der Waals surface area contributed by atoms with Crippen LogP contribution in [0.5, 0.6) is 0 Å². The van der Waals surface area contributed by atoms with E-state index in [4.69, 9.17) is 5.73 Å². The summed E-state index contributed by atoms with van der Waals surface area (Å²) in [5.41, 5.74) is 6.46. The molecular weight excluding hydrogens is 267 g/mol. The zero-order chi connectivity index (χ0) is 14.0. The van der Waals surface area contributed by atoms with Crippen molar-refractivity contribution in [3.63, 3.8) is 0 Å². The lowest BCUT2D eigenvalue weighted by Crippen LogP contribution is -2.26. The number of aromatic nitrogens is 1. The summed E-state index contributed by atoms with van der Waals surface area (Å²) in [6, 6.07) is 1.79. The fourth-order valence-electron chi connectivity index (χ4n) is 2.00. The number of carbonyl (C=O) groups is 1. The van der Waals surface area contributed by atoms with Crippen LogP contribution in [-0.2, 0) is 6.54 Å². The maximum atomic E-state index is 12.6. The van der Waals surface area contributed by atoms with Crippen molar-refractivity contribution in [1.82, 2.24) is 4.57 Å². The van der Waals surface area contributed by atoms with Gasteiger partial charge in [-0.3, -0.25) is 9.59 Å². The van der Waals surface area contributed by atoms with Crippen molar-refractivity contribution >= 4 is 17.2 Å². The Balaban J connectivity index is 2.77. The van der Waals surface area contributed by atoms with E-state index in [1.807, 2.05) is 10.8 Å². The number of hydrogen-bond donors (Lipinski definition) is 1. The fourth-order valence-corrected chi connectivity index (χ4v) is 2.65. The molecule has 1 amide bonds. The predicted octanol–water partition coefficient (Wildman–Crippen LogP) is 1.95. The van der Waals surface area contributed by atoms with E-state index in [9.17, 15) is 14.0 Å².